The lowest BCUT2D eigenvalue weighted by Crippen LogP contribution is -2.32. The monoisotopic (exact) mass is 459 g/mol. The smallest absolute Gasteiger partial charge is 0.400 e. The fourth-order valence-corrected chi connectivity index (χ4v) is 3.49. The first-order valence-corrected chi connectivity index (χ1v) is 11.3. The fraction of sp³-hybridized carbons (Fsp3) is 0.571. The number of imide groups is 1. The lowest BCUT2D eigenvalue weighted by molar-refractivity contribution is -0.402. The first-order valence-electron chi connectivity index (χ1n) is 11.3. The molecule has 1 aliphatic rings. The van der Waals surface area contributed by atoms with Crippen LogP contribution in [-0.4, -0.2) is 61.1 Å². The molecule has 0 aromatic carbocycles. The maximum Gasteiger partial charge on any atom is 0.433 e. The number of hydrogen-bond acceptors (Lipinski definition) is 8. The number of urea groups is 1. The van der Waals surface area contributed by atoms with Gasteiger partial charge in [0.25, 0.3) is 5.91 Å². The van der Waals surface area contributed by atoms with Crippen molar-refractivity contribution in [1.82, 2.24) is 24.9 Å². The second-order valence-electron chi connectivity index (χ2n) is 7.91. The van der Waals surface area contributed by atoms with Gasteiger partial charge in [-0.15, -0.1) is 5.10 Å². The Morgan fingerprint density at radius 2 is 1.94 bits per heavy atom. The first kappa shape index (κ1) is 24.1. The molecule has 2 aromatic rings. The van der Waals surface area contributed by atoms with E-state index >= 15 is 0 Å². The molecule has 1 fully saturated rings. The predicted molar refractivity (Wildman–Crippen MR) is 118 cm³/mol. The molecule has 1 aliphatic heterocycles. The average Bonchev–Trinajstić information content (AvgIpc) is 3.51. The minimum Gasteiger partial charge on any atom is -0.400 e. The van der Waals surface area contributed by atoms with E-state index in [1.54, 1.807) is 0 Å². The lowest BCUT2D eigenvalue weighted by atomic mass is 10.1. The molecule has 3 rings (SSSR count). The van der Waals surface area contributed by atoms with E-state index in [1.165, 1.54) is 42.5 Å². The maximum atomic E-state index is 12.4. The summed E-state index contributed by atoms with van der Waals surface area (Å²) >= 11 is 0. The molecule has 0 aliphatic carbocycles. The third-order valence-corrected chi connectivity index (χ3v) is 5.30. The van der Waals surface area contributed by atoms with Crippen molar-refractivity contribution in [2.75, 3.05) is 13.1 Å². The van der Waals surface area contributed by atoms with Crippen molar-refractivity contribution in [3.63, 3.8) is 0 Å². The summed E-state index contributed by atoms with van der Waals surface area (Å²) < 4.78 is 6.80. The number of carbonyl (C=O) groups excluding carboxylic acids is 2. The Morgan fingerprint density at radius 1 is 1.15 bits per heavy atom. The molecular weight excluding hydrogens is 430 g/mol. The van der Waals surface area contributed by atoms with Gasteiger partial charge in [-0.2, -0.15) is 5.10 Å². The average molecular weight is 460 g/mol. The molecule has 178 valence electrons. The van der Waals surface area contributed by atoms with Crippen LogP contribution in [0.1, 0.15) is 63.3 Å². The van der Waals surface area contributed by atoms with Crippen molar-refractivity contribution in [3.05, 3.63) is 39.9 Å². The van der Waals surface area contributed by atoms with Crippen molar-refractivity contribution in [2.45, 2.75) is 64.8 Å². The number of aromatic nitrogens is 3. The third kappa shape index (κ3) is 6.96. The summed E-state index contributed by atoms with van der Waals surface area (Å²) in [5.41, 5.74) is 1.02. The molecule has 12 nitrogen and oxygen atoms in total. The third-order valence-electron chi connectivity index (χ3n) is 5.30. The van der Waals surface area contributed by atoms with Crippen molar-refractivity contribution >= 4 is 24.0 Å². The summed E-state index contributed by atoms with van der Waals surface area (Å²) in [5, 5.41) is 24.0. The largest absolute Gasteiger partial charge is 0.433 e. The van der Waals surface area contributed by atoms with Crippen LogP contribution in [0.25, 0.3) is 0 Å². The number of nitro groups is 1. The Labute approximate surface area is 191 Å². The second-order valence-corrected chi connectivity index (χ2v) is 7.91. The van der Waals surface area contributed by atoms with Gasteiger partial charge in [-0.25, -0.2) is 9.80 Å². The van der Waals surface area contributed by atoms with Gasteiger partial charge in [0, 0.05) is 19.3 Å². The molecule has 0 spiro atoms. The highest BCUT2D eigenvalue weighted by Gasteiger charge is 2.35. The zero-order chi connectivity index (χ0) is 23.6. The number of hydrogen-bond donors (Lipinski definition) is 0. The molecule has 0 bridgehead atoms. The fourth-order valence-electron chi connectivity index (χ4n) is 3.49. The zero-order valence-corrected chi connectivity index (χ0v) is 18.8. The number of furan rings is 1. The van der Waals surface area contributed by atoms with Gasteiger partial charge in [-0.3, -0.25) is 24.5 Å². The normalized spacial score (nSPS) is 14.2. The predicted octanol–water partition coefficient (Wildman–Crippen LogP) is 3.37. The highest BCUT2D eigenvalue weighted by Crippen LogP contribution is 2.16. The molecule has 33 heavy (non-hydrogen) atoms. The number of carbonyl (C=O) groups is 2. The van der Waals surface area contributed by atoms with E-state index in [0.717, 1.165) is 42.9 Å². The van der Waals surface area contributed by atoms with Crippen LogP contribution in [0.4, 0.5) is 10.7 Å². The minimum atomic E-state index is -0.667. The van der Waals surface area contributed by atoms with Crippen LogP contribution in [0.15, 0.2) is 27.8 Å². The standard InChI is InChI=1S/C21H29N7O5/c1-2-3-4-6-9-17-15-25(24-23-17)12-7-5-8-13-26-19(29)16-27(21(26)30)22-14-18-10-11-20(33-18)28(31)32/h10-11,14-15H,2-9,12-13,16H2,1H3/b22-14+. The van der Waals surface area contributed by atoms with Crippen molar-refractivity contribution in [2.24, 2.45) is 5.10 Å². The molecule has 1 saturated heterocycles. The van der Waals surface area contributed by atoms with Crippen LogP contribution in [-0.2, 0) is 17.8 Å². The molecule has 0 unspecified atom stereocenters. The summed E-state index contributed by atoms with van der Waals surface area (Å²) in [6.07, 6.45) is 11.3. The minimum absolute atomic E-state index is 0.123. The van der Waals surface area contributed by atoms with Crippen molar-refractivity contribution < 1.29 is 18.9 Å². The van der Waals surface area contributed by atoms with E-state index in [0.29, 0.717) is 13.0 Å². The zero-order valence-electron chi connectivity index (χ0n) is 18.8. The van der Waals surface area contributed by atoms with Crippen LogP contribution in [0.3, 0.4) is 0 Å². The number of nitrogens with zero attached hydrogens (tertiary/aromatic N) is 7. The van der Waals surface area contributed by atoms with Crippen molar-refractivity contribution in [3.8, 4) is 0 Å². The topological polar surface area (TPSA) is 140 Å². The number of rotatable bonds is 14. The molecule has 0 atom stereocenters. The molecule has 0 radical (unpaired) electrons. The van der Waals surface area contributed by atoms with Crippen LogP contribution in [0, 0.1) is 10.1 Å². The SMILES string of the molecule is CCCCCCc1cn(CCCCCN2C(=O)CN(/N=C/c3ccc([N+](=O)[O-])o3)C2=O)nn1. The molecule has 3 heterocycles. The highest BCUT2D eigenvalue weighted by molar-refractivity contribution is 6.02. The summed E-state index contributed by atoms with van der Waals surface area (Å²) in [6.45, 7) is 3.08. The van der Waals surface area contributed by atoms with E-state index < -0.39 is 16.8 Å². The van der Waals surface area contributed by atoms with E-state index in [1.807, 2.05) is 10.9 Å². The molecule has 2 aromatic heterocycles. The molecular formula is C21H29N7O5. The van der Waals surface area contributed by atoms with Crippen LogP contribution < -0.4 is 0 Å². The second kappa shape index (κ2) is 11.9. The Morgan fingerprint density at radius 3 is 2.70 bits per heavy atom. The summed E-state index contributed by atoms with van der Waals surface area (Å²) in [4.78, 5) is 35.7. The number of hydrazone groups is 1. The van der Waals surface area contributed by atoms with Crippen LogP contribution in [0.2, 0.25) is 0 Å². The maximum absolute atomic E-state index is 12.4. The molecule has 0 saturated carbocycles. The Kier molecular flexibility index (Phi) is 8.67. The number of amides is 3. The summed E-state index contributed by atoms with van der Waals surface area (Å²) in [5.74, 6) is -0.625. The first-order chi connectivity index (χ1) is 16.0. The van der Waals surface area contributed by atoms with Gasteiger partial charge >= 0.3 is 11.9 Å². The Bertz CT molecular complexity index is 983. The quantitative estimate of drug-likeness (QED) is 0.139. The van der Waals surface area contributed by atoms with Crippen LogP contribution in [0.5, 0.6) is 0 Å². The van der Waals surface area contributed by atoms with Gasteiger partial charge in [0.15, 0.2) is 5.76 Å². The van der Waals surface area contributed by atoms with E-state index in [4.69, 9.17) is 4.42 Å². The van der Waals surface area contributed by atoms with Gasteiger partial charge in [0.2, 0.25) is 0 Å². The molecule has 0 N–H and O–H groups in total. The number of unbranched alkanes of at least 4 members (excludes halogenated alkanes) is 5. The lowest BCUT2D eigenvalue weighted by Gasteiger charge is -2.13. The van der Waals surface area contributed by atoms with E-state index in [2.05, 4.69) is 22.3 Å². The van der Waals surface area contributed by atoms with E-state index in [9.17, 15) is 19.7 Å². The van der Waals surface area contributed by atoms with Gasteiger partial charge in [-0.05, 0) is 38.2 Å². The van der Waals surface area contributed by atoms with E-state index in [-0.39, 0.29) is 18.2 Å². The van der Waals surface area contributed by atoms with Gasteiger partial charge in [-0.1, -0.05) is 31.4 Å². The summed E-state index contributed by atoms with van der Waals surface area (Å²) in [7, 11) is 0. The number of aryl methyl sites for hydroxylation is 2. The molecule has 3 amide bonds. The van der Waals surface area contributed by atoms with Crippen LogP contribution >= 0.6 is 0 Å². The van der Waals surface area contributed by atoms with Crippen molar-refractivity contribution in [1.29, 1.82) is 0 Å². The summed E-state index contributed by atoms with van der Waals surface area (Å²) in [6, 6.07) is 2.05. The Hall–Kier alpha value is -3.57. The highest BCUT2D eigenvalue weighted by atomic mass is 16.6. The van der Waals surface area contributed by atoms with Gasteiger partial charge in [0.1, 0.15) is 11.5 Å². The Balaban J connectivity index is 1.36. The van der Waals surface area contributed by atoms with Gasteiger partial charge in [0.05, 0.1) is 18.0 Å². The molecule has 12 heteroatoms. The van der Waals surface area contributed by atoms with Gasteiger partial charge < -0.3 is 4.42 Å².